The van der Waals surface area contributed by atoms with Crippen LogP contribution in [0.2, 0.25) is 0 Å². The van der Waals surface area contributed by atoms with Crippen molar-refractivity contribution in [2.75, 3.05) is 36.0 Å². The van der Waals surface area contributed by atoms with Gasteiger partial charge in [0, 0.05) is 38.6 Å². The highest BCUT2D eigenvalue weighted by atomic mass is 19.1. The predicted octanol–water partition coefficient (Wildman–Crippen LogP) is 2.22. The van der Waals surface area contributed by atoms with Gasteiger partial charge in [-0.2, -0.15) is 0 Å². The molecule has 8 nitrogen and oxygen atoms in total. The van der Waals surface area contributed by atoms with E-state index in [-0.39, 0.29) is 11.2 Å². The maximum Gasteiger partial charge on any atom is 0.186 e. The van der Waals surface area contributed by atoms with E-state index in [2.05, 4.69) is 29.8 Å². The van der Waals surface area contributed by atoms with Crippen molar-refractivity contribution < 1.29 is 4.39 Å². The molecule has 0 saturated carbocycles. The summed E-state index contributed by atoms with van der Waals surface area (Å²) < 4.78 is 16.7. The zero-order valence-corrected chi connectivity index (χ0v) is 16.9. The molecule has 4 rings (SSSR count). The Labute approximate surface area is 163 Å². The Kier molecular flexibility index (Phi) is 4.40. The van der Waals surface area contributed by atoms with Crippen LogP contribution in [0.25, 0.3) is 11.2 Å². The third-order valence-corrected chi connectivity index (χ3v) is 5.03. The molecular formula is C19H25FN8. The lowest BCUT2D eigenvalue weighted by Crippen LogP contribution is -2.47. The highest BCUT2D eigenvalue weighted by Crippen LogP contribution is 2.27. The third kappa shape index (κ3) is 3.14. The average Bonchev–Trinajstić information content (AvgIpc) is 3.04. The normalized spacial score (nSPS) is 15.5. The Bertz CT molecular complexity index is 1010. The smallest absolute Gasteiger partial charge is 0.186 e. The molecule has 28 heavy (non-hydrogen) atoms. The van der Waals surface area contributed by atoms with Gasteiger partial charge in [-0.25, -0.2) is 29.3 Å². The van der Waals surface area contributed by atoms with Crippen LogP contribution in [0, 0.1) is 12.7 Å². The summed E-state index contributed by atoms with van der Waals surface area (Å²) in [4.78, 5) is 26.2. The van der Waals surface area contributed by atoms with Gasteiger partial charge in [0.25, 0.3) is 0 Å². The van der Waals surface area contributed by atoms with Crippen molar-refractivity contribution in [1.82, 2.24) is 29.5 Å². The third-order valence-electron chi connectivity index (χ3n) is 5.03. The highest BCUT2D eigenvalue weighted by Gasteiger charge is 2.27. The maximum absolute atomic E-state index is 14.8. The van der Waals surface area contributed by atoms with Crippen LogP contribution in [0.4, 0.5) is 16.0 Å². The summed E-state index contributed by atoms with van der Waals surface area (Å²) in [5.41, 5.74) is 1.75. The van der Waals surface area contributed by atoms with Crippen LogP contribution < -0.4 is 9.80 Å². The number of anilines is 2. The zero-order chi connectivity index (χ0) is 20.1. The minimum atomic E-state index is -0.337. The van der Waals surface area contributed by atoms with Crippen LogP contribution in [0.1, 0.15) is 32.3 Å². The lowest BCUT2D eigenvalue weighted by molar-refractivity contribution is 0.516. The number of hydrogen-bond donors (Lipinski definition) is 0. The molecule has 0 bridgehead atoms. The average molecular weight is 384 g/mol. The van der Waals surface area contributed by atoms with E-state index >= 15 is 0 Å². The Morgan fingerprint density at radius 3 is 2.21 bits per heavy atom. The van der Waals surface area contributed by atoms with Crippen molar-refractivity contribution in [3.63, 3.8) is 0 Å². The van der Waals surface area contributed by atoms with Gasteiger partial charge in [0.15, 0.2) is 28.6 Å². The summed E-state index contributed by atoms with van der Waals surface area (Å²) >= 11 is 0. The quantitative estimate of drug-likeness (QED) is 0.670. The second-order valence-corrected chi connectivity index (χ2v) is 8.22. The number of fused-ring (bicyclic) bond motifs is 1. The minimum absolute atomic E-state index is 0.236. The molecule has 3 aromatic rings. The van der Waals surface area contributed by atoms with Crippen molar-refractivity contribution in [2.45, 2.75) is 33.1 Å². The van der Waals surface area contributed by atoms with Crippen molar-refractivity contribution in [3.05, 3.63) is 30.0 Å². The Morgan fingerprint density at radius 1 is 0.929 bits per heavy atom. The Hall–Kier alpha value is -2.84. The van der Waals surface area contributed by atoms with Crippen molar-refractivity contribution in [1.29, 1.82) is 0 Å². The number of aryl methyl sites for hydroxylation is 2. The molecule has 9 heteroatoms. The van der Waals surface area contributed by atoms with Crippen molar-refractivity contribution >= 4 is 22.8 Å². The molecule has 0 spiro atoms. The van der Waals surface area contributed by atoms with Crippen LogP contribution in [-0.2, 0) is 12.5 Å². The summed E-state index contributed by atoms with van der Waals surface area (Å²) in [7, 11) is 1.91. The minimum Gasteiger partial charge on any atom is -0.351 e. The van der Waals surface area contributed by atoms with Gasteiger partial charge < -0.3 is 14.4 Å². The molecule has 1 aliphatic rings. The second-order valence-electron chi connectivity index (χ2n) is 8.22. The maximum atomic E-state index is 14.8. The van der Waals surface area contributed by atoms with Gasteiger partial charge in [-0.3, -0.25) is 0 Å². The van der Waals surface area contributed by atoms with E-state index in [0.29, 0.717) is 43.5 Å². The van der Waals surface area contributed by atoms with Crippen LogP contribution in [-0.4, -0.2) is 55.7 Å². The molecule has 0 amide bonds. The first kappa shape index (κ1) is 18.5. The molecule has 0 aliphatic carbocycles. The molecule has 3 aromatic heterocycles. The first-order chi connectivity index (χ1) is 13.3. The molecule has 1 fully saturated rings. The summed E-state index contributed by atoms with van der Waals surface area (Å²) in [6.07, 6.45) is 3.31. The zero-order valence-electron chi connectivity index (χ0n) is 16.9. The number of nitrogens with zero attached hydrogens (tertiary/aromatic N) is 8. The molecule has 0 atom stereocenters. The van der Waals surface area contributed by atoms with Gasteiger partial charge in [-0.05, 0) is 6.92 Å². The van der Waals surface area contributed by atoms with E-state index in [1.165, 1.54) is 0 Å². The van der Waals surface area contributed by atoms with E-state index in [4.69, 9.17) is 0 Å². The topological polar surface area (TPSA) is 75.9 Å². The molecule has 148 valence electrons. The monoisotopic (exact) mass is 384 g/mol. The Balaban J connectivity index is 1.58. The second kappa shape index (κ2) is 6.65. The fourth-order valence-corrected chi connectivity index (χ4v) is 3.38. The van der Waals surface area contributed by atoms with Gasteiger partial charge in [0.05, 0.1) is 12.0 Å². The number of rotatable bonds is 2. The number of aromatic nitrogens is 6. The molecular weight excluding hydrogens is 359 g/mol. The summed E-state index contributed by atoms with van der Waals surface area (Å²) in [5.74, 6) is 1.54. The molecule has 0 radical (unpaired) electrons. The fraction of sp³-hybridized carbons (Fsp3) is 0.526. The lowest BCUT2D eigenvalue weighted by atomic mass is 9.95. The molecule has 0 aromatic carbocycles. The van der Waals surface area contributed by atoms with Crippen LogP contribution in [0.3, 0.4) is 0 Å². The summed E-state index contributed by atoms with van der Waals surface area (Å²) in [6.45, 7) is 10.5. The Morgan fingerprint density at radius 2 is 1.57 bits per heavy atom. The lowest BCUT2D eigenvalue weighted by Gasteiger charge is -2.36. The number of piperazine rings is 1. The van der Waals surface area contributed by atoms with Gasteiger partial charge in [0.2, 0.25) is 0 Å². The summed E-state index contributed by atoms with van der Waals surface area (Å²) in [6, 6.07) is 0. The fourth-order valence-electron chi connectivity index (χ4n) is 3.38. The van der Waals surface area contributed by atoms with E-state index in [1.54, 1.807) is 19.6 Å². The van der Waals surface area contributed by atoms with E-state index < -0.39 is 0 Å². The molecule has 0 N–H and O–H groups in total. The van der Waals surface area contributed by atoms with Crippen LogP contribution in [0.15, 0.2) is 12.7 Å². The van der Waals surface area contributed by atoms with E-state index in [9.17, 15) is 4.39 Å². The van der Waals surface area contributed by atoms with E-state index in [0.717, 1.165) is 17.0 Å². The van der Waals surface area contributed by atoms with Gasteiger partial charge in [-0.15, -0.1) is 0 Å². The van der Waals surface area contributed by atoms with Gasteiger partial charge in [-0.1, -0.05) is 20.8 Å². The highest BCUT2D eigenvalue weighted by molar-refractivity contribution is 5.83. The van der Waals surface area contributed by atoms with E-state index in [1.807, 2.05) is 37.3 Å². The molecule has 0 unspecified atom stereocenters. The van der Waals surface area contributed by atoms with Crippen molar-refractivity contribution in [2.24, 2.45) is 7.05 Å². The SMILES string of the molecule is Cc1nc(C(C)(C)C)nc(N2CCN(c3ncnc4c3ncn4C)CC2)c1F. The molecule has 4 heterocycles. The first-order valence-corrected chi connectivity index (χ1v) is 9.42. The number of hydrogen-bond acceptors (Lipinski definition) is 7. The largest absolute Gasteiger partial charge is 0.351 e. The number of halogens is 1. The standard InChI is InChI=1S/C19H25FN8/c1-12-13(20)15(25-18(24-12)19(2,3)4)27-6-8-28(9-7-27)17-14-16(21-10-22-17)26(5)11-23-14/h10-11H,6-9H2,1-5H3. The predicted molar refractivity (Wildman–Crippen MR) is 106 cm³/mol. The van der Waals surface area contributed by atoms with Crippen LogP contribution >= 0.6 is 0 Å². The van der Waals surface area contributed by atoms with Crippen molar-refractivity contribution in [3.8, 4) is 0 Å². The van der Waals surface area contributed by atoms with Crippen LogP contribution in [0.5, 0.6) is 0 Å². The molecule has 1 aliphatic heterocycles. The van der Waals surface area contributed by atoms with Gasteiger partial charge >= 0.3 is 0 Å². The summed E-state index contributed by atoms with van der Waals surface area (Å²) in [5, 5.41) is 0. The number of imidazole rings is 1. The van der Waals surface area contributed by atoms with Gasteiger partial charge in [0.1, 0.15) is 12.2 Å². The molecule has 1 saturated heterocycles. The first-order valence-electron chi connectivity index (χ1n) is 9.42.